The second-order valence-electron chi connectivity index (χ2n) is 7.50. The van der Waals surface area contributed by atoms with E-state index in [2.05, 4.69) is 6.92 Å². The molecular formula is C22H41O3. The number of carbonyl (C=O) groups is 2. The molecule has 0 rings (SSSR count). The van der Waals surface area contributed by atoms with Gasteiger partial charge in [0.25, 0.3) is 0 Å². The molecule has 0 aliphatic carbocycles. The van der Waals surface area contributed by atoms with Crippen molar-refractivity contribution in [3.63, 3.8) is 0 Å². The highest BCUT2D eigenvalue weighted by atomic mass is 16.4. The molecule has 0 fully saturated rings. The molecule has 1 radical (unpaired) electrons. The van der Waals surface area contributed by atoms with E-state index in [-0.39, 0.29) is 0 Å². The Balaban J connectivity index is 3.05. The fourth-order valence-electron chi connectivity index (χ4n) is 3.26. The molecule has 0 bridgehead atoms. The molecule has 3 heteroatoms. The molecular weight excluding hydrogens is 312 g/mol. The maximum atomic E-state index is 10.4. The van der Waals surface area contributed by atoms with Gasteiger partial charge in [-0.05, 0) is 19.3 Å². The van der Waals surface area contributed by atoms with Crippen LogP contribution in [-0.2, 0) is 9.59 Å². The van der Waals surface area contributed by atoms with E-state index in [1.165, 1.54) is 83.5 Å². The molecule has 0 amide bonds. The van der Waals surface area contributed by atoms with Crippen LogP contribution in [0.4, 0.5) is 0 Å². The highest BCUT2D eigenvalue weighted by Gasteiger charge is 2.00. The van der Waals surface area contributed by atoms with Gasteiger partial charge in [0, 0.05) is 12.8 Å². The third kappa shape index (κ3) is 21.1. The van der Waals surface area contributed by atoms with E-state index in [9.17, 15) is 9.59 Å². The van der Waals surface area contributed by atoms with Gasteiger partial charge in [-0.2, -0.15) is 0 Å². The van der Waals surface area contributed by atoms with Crippen LogP contribution < -0.4 is 0 Å². The normalized spacial score (nSPS) is 12.2. The van der Waals surface area contributed by atoms with Crippen molar-refractivity contribution in [3.8, 4) is 0 Å². The predicted molar refractivity (Wildman–Crippen MR) is 106 cm³/mol. The van der Waals surface area contributed by atoms with Crippen molar-refractivity contribution in [2.24, 2.45) is 5.92 Å². The monoisotopic (exact) mass is 353 g/mol. The first-order valence-corrected chi connectivity index (χ1v) is 10.6. The Morgan fingerprint density at radius 2 is 1.08 bits per heavy atom. The van der Waals surface area contributed by atoms with Gasteiger partial charge in [0.1, 0.15) is 6.29 Å². The number of hydrogen-bond acceptors (Lipinski definition) is 2. The van der Waals surface area contributed by atoms with Crippen molar-refractivity contribution in [2.75, 3.05) is 0 Å². The summed E-state index contributed by atoms with van der Waals surface area (Å²) in [6, 6.07) is 0. The average molecular weight is 354 g/mol. The Hall–Kier alpha value is -0.860. The minimum absolute atomic E-state index is 0.322. The molecule has 0 aromatic heterocycles. The summed E-state index contributed by atoms with van der Waals surface area (Å²) >= 11 is 0. The molecule has 0 aromatic carbocycles. The number of aldehydes is 1. The molecule has 147 valence electrons. The minimum Gasteiger partial charge on any atom is -0.481 e. The fourth-order valence-corrected chi connectivity index (χ4v) is 3.26. The average Bonchev–Trinajstić information content (AvgIpc) is 2.57. The van der Waals surface area contributed by atoms with Crippen LogP contribution in [0.15, 0.2) is 0 Å². The van der Waals surface area contributed by atoms with Gasteiger partial charge in [0.15, 0.2) is 0 Å². The van der Waals surface area contributed by atoms with Crippen molar-refractivity contribution >= 4 is 12.3 Å². The van der Waals surface area contributed by atoms with Crippen LogP contribution in [-0.4, -0.2) is 17.4 Å². The molecule has 0 aliphatic heterocycles. The standard InChI is InChI=1S/C22H41O3/c1-21(19-20-23)17-15-13-11-9-7-5-3-2-4-6-8-10-12-14-16-18-22(24)25/h20-21H,1-19H2,(H,24,25). The Bertz CT molecular complexity index is 302. The largest absolute Gasteiger partial charge is 0.481 e. The van der Waals surface area contributed by atoms with Crippen molar-refractivity contribution in [1.29, 1.82) is 0 Å². The molecule has 25 heavy (non-hydrogen) atoms. The molecule has 3 nitrogen and oxygen atoms in total. The Labute approximate surface area is 156 Å². The lowest BCUT2D eigenvalue weighted by Crippen LogP contribution is -1.95. The Morgan fingerprint density at radius 1 is 0.720 bits per heavy atom. The van der Waals surface area contributed by atoms with Crippen molar-refractivity contribution in [2.45, 2.75) is 116 Å². The molecule has 1 N–H and O–H groups in total. The zero-order valence-corrected chi connectivity index (χ0v) is 16.4. The van der Waals surface area contributed by atoms with Gasteiger partial charge in [-0.3, -0.25) is 4.79 Å². The summed E-state index contributed by atoms with van der Waals surface area (Å²) in [5, 5.41) is 8.55. The van der Waals surface area contributed by atoms with Crippen LogP contribution >= 0.6 is 0 Å². The summed E-state index contributed by atoms with van der Waals surface area (Å²) in [6.45, 7) is 3.99. The summed E-state index contributed by atoms with van der Waals surface area (Å²) in [5.41, 5.74) is 0. The predicted octanol–water partition coefficient (Wildman–Crippen LogP) is 6.74. The number of aliphatic carboxylic acids is 1. The quantitative estimate of drug-likeness (QED) is 0.195. The molecule has 0 spiro atoms. The van der Waals surface area contributed by atoms with E-state index in [0.717, 1.165) is 25.5 Å². The smallest absolute Gasteiger partial charge is 0.303 e. The summed E-state index contributed by atoms with van der Waals surface area (Å²) in [7, 11) is 0. The maximum Gasteiger partial charge on any atom is 0.303 e. The van der Waals surface area contributed by atoms with Crippen LogP contribution in [0.2, 0.25) is 0 Å². The molecule has 0 aromatic rings. The Morgan fingerprint density at radius 3 is 1.44 bits per heavy atom. The number of rotatable bonds is 20. The van der Waals surface area contributed by atoms with Gasteiger partial charge in [-0.25, -0.2) is 0 Å². The zero-order valence-electron chi connectivity index (χ0n) is 16.4. The third-order valence-electron chi connectivity index (χ3n) is 4.93. The minimum atomic E-state index is -0.665. The molecule has 1 unspecified atom stereocenters. The molecule has 0 saturated carbocycles. The number of carbonyl (C=O) groups excluding carboxylic acids is 1. The van der Waals surface area contributed by atoms with Crippen molar-refractivity contribution < 1.29 is 14.7 Å². The van der Waals surface area contributed by atoms with Crippen molar-refractivity contribution in [3.05, 3.63) is 6.92 Å². The van der Waals surface area contributed by atoms with Gasteiger partial charge in [-0.1, -0.05) is 96.3 Å². The number of hydrogen-bond donors (Lipinski definition) is 1. The van der Waals surface area contributed by atoms with Crippen LogP contribution in [0.1, 0.15) is 116 Å². The van der Waals surface area contributed by atoms with Crippen LogP contribution in [0.25, 0.3) is 0 Å². The van der Waals surface area contributed by atoms with Gasteiger partial charge < -0.3 is 9.90 Å². The van der Waals surface area contributed by atoms with E-state index in [0.29, 0.717) is 18.8 Å². The lowest BCUT2D eigenvalue weighted by molar-refractivity contribution is -0.137. The zero-order chi connectivity index (χ0) is 18.6. The molecule has 1 atom stereocenters. The van der Waals surface area contributed by atoms with Crippen LogP contribution in [0.3, 0.4) is 0 Å². The first-order valence-electron chi connectivity index (χ1n) is 10.6. The maximum absolute atomic E-state index is 10.4. The third-order valence-corrected chi connectivity index (χ3v) is 4.93. The Kier molecular flexibility index (Phi) is 18.8. The number of carboxylic acids is 1. The first kappa shape index (κ1) is 24.1. The van der Waals surface area contributed by atoms with Gasteiger partial charge >= 0.3 is 5.97 Å². The van der Waals surface area contributed by atoms with E-state index in [4.69, 9.17) is 5.11 Å². The number of carboxylic acid groups (broad SMARTS) is 1. The van der Waals surface area contributed by atoms with Crippen molar-refractivity contribution in [1.82, 2.24) is 0 Å². The van der Waals surface area contributed by atoms with E-state index in [1.807, 2.05) is 0 Å². The lowest BCUT2D eigenvalue weighted by Gasteiger charge is -2.06. The fraction of sp³-hybridized carbons (Fsp3) is 0.864. The number of unbranched alkanes of at least 4 members (excludes halogenated alkanes) is 14. The SMILES string of the molecule is [CH2]C(CC=O)CCCCCCCCCCCCCCCCCC(=O)O. The van der Waals surface area contributed by atoms with E-state index < -0.39 is 5.97 Å². The second kappa shape index (κ2) is 19.5. The highest BCUT2D eigenvalue weighted by Crippen LogP contribution is 2.15. The van der Waals surface area contributed by atoms with E-state index in [1.54, 1.807) is 0 Å². The topological polar surface area (TPSA) is 54.4 Å². The molecule has 0 heterocycles. The van der Waals surface area contributed by atoms with E-state index >= 15 is 0 Å². The highest BCUT2D eigenvalue weighted by molar-refractivity contribution is 5.66. The second-order valence-corrected chi connectivity index (χ2v) is 7.50. The summed E-state index contributed by atoms with van der Waals surface area (Å²) < 4.78 is 0. The molecule has 0 aliphatic rings. The van der Waals surface area contributed by atoms with Crippen LogP contribution in [0, 0.1) is 12.8 Å². The summed E-state index contributed by atoms with van der Waals surface area (Å²) in [5.74, 6) is -0.344. The molecule has 0 saturated heterocycles. The van der Waals surface area contributed by atoms with Gasteiger partial charge in [0.05, 0.1) is 0 Å². The summed E-state index contributed by atoms with van der Waals surface area (Å²) in [4.78, 5) is 20.7. The van der Waals surface area contributed by atoms with Gasteiger partial charge in [-0.15, -0.1) is 0 Å². The lowest BCUT2D eigenvalue weighted by atomic mass is 9.99. The first-order chi connectivity index (χ1) is 12.2. The van der Waals surface area contributed by atoms with Crippen LogP contribution in [0.5, 0.6) is 0 Å². The van der Waals surface area contributed by atoms with Gasteiger partial charge in [0.2, 0.25) is 0 Å². The summed E-state index contributed by atoms with van der Waals surface area (Å²) in [6.07, 6.45) is 22.1.